The van der Waals surface area contributed by atoms with Crippen LogP contribution in [0.3, 0.4) is 0 Å². The molecule has 2 amide bonds. The fourth-order valence-corrected chi connectivity index (χ4v) is 0.426. The van der Waals surface area contributed by atoms with E-state index in [0.29, 0.717) is 5.06 Å². The van der Waals surface area contributed by atoms with Crippen LogP contribution in [0.15, 0.2) is 0 Å². The Hall–Kier alpha value is -1.39. The quantitative estimate of drug-likeness (QED) is 0.415. The summed E-state index contributed by atoms with van der Waals surface area (Å²) in [5.74, 6) is -1.24. The minimum Gasteiger partial charge on any atom is -0.331 e. The van der Waals surface area contributed by atoms with Gasteiger partial charge in [-0.15, -0.1) is 5.06 Å². The molecule has 5 heteroatoms. The smallest absolute Gasteiger partial charge is 0.330 e. The van der Waals surface area contributed by atoms with E-state index in [4.69, 9.17) is 0 Å². The number of hydrogen-bond donors (Lipinski definition) is 0. The van der Waals surface area contributed by atoms with Gasteiger partial charge in [0.25, 0.3) is 12.3 Å². The standard InChI is InChI=1S/C6H9NO4/c1-3-6(10)7(4-8)11-5(2)9/h4H,3H2,1-2H3. The Bertz CT molecular complexity index is 177. The summed E-state index contributed by atoms with van der Waals surface area (Å²) in [6.07, 6.45) is 0.277. The average molecular weight is 159 g/mol. The number of rotatable bonds is 2. The Kier molecular flexibility index (Phi) is 3.87. The van der Waals surface area contributed by atoms with Gasteiger partial charge in [-0.3, -0.25) is 9.59 Å². The molecule has 0 atom stereocenters. The number of amides is 2. The van der Waals surface area contributed by atoms with Gasteiger partial charge in [0.15, 0.2) is 0 Å². The van der Waals surface area contributed by atoms with Gasteiger partial charge in [0.2, 0.25) is 0 Å². The predicted octanol–water partition coefficient (Wildman–Crippen LogP) is -0.141. The largest absolute Gasteiger partial charge is 0.331 e. The lowest BCUT2D eigenvalue weighted by molar-refractivity contribution is -0.194. The molecule has 0 radical (unpaired) electrons. The van der Waals surface area contributed by atoms with E-state index in [2.05, 4.69) is 4.84 Å². The van der Waals surface area contributed by atoms with Crippen LogP contribution in [-0.4, -0.2) is 23.3 Å². The summed E-state index contributed by atoms with van der Waals surface area (Å²) in [4.78, 5) is 35.3. The van der Waals surface area contributed by atoms with Gasteiger partial charge in [0, 0.05) is 13.3 Å². The molecule has 0 aromatic carbocycles. The molecular formula is C6H9NO4. The van der Waals surface area contributed by atoms with E-state index < -0.39 is 11.9 Å². The van der Waals surface area contributed by atoms with Crippen molar-refractivity contribution in [1.82, 2.24) is 5.06 Å². The monoisotopic (exact) mass is 159 g/mol. The summed E-state index contributed by atoms with van der Waals surface area (Å²) in [6, 6.07) is 0. The van der Waals surface area contributed by atoms with Crippen LogP contribution >= 0.6 is 0 Å². The molecule has 62 valence electrons. The van der Waals surface area contributed by atoms with Crippen molar-refractivity contribution in [2.45, 2.75) is 20.3 Å². The maximum atomic E-state index is 10.7. The summed E-state index contributed by atoms with van der Waals surface area (Å²) in [6.45, 7) is 2.67. The Morgan fingerprint density at radius 3 is 2.36 bits per heavy atom. The second kappa shape index (κ2) is 4.43. The van der Waals surface area contributed by atoms with E-state index in [1.165, 1.54) is 0 Å². The van der Waals surface area contributed by atoms with Crippen LogP contribution in [0.2, 0.25) is 0 Å². The van der Waals surface area contributed by atoms with Gasteiger partial charge in [0.05, 0.1) is 0 Å². The van der Waals surface area contributed by atoms with Crippen LogP contribution < -0.4 is 0 Å². The van der Waals surface area contributed by atoms with Crippen molar-refractivity contribution < 1.29 is 19.2 Å². The molecule has 0 N–H and O–H groups in total. The molecule has 0 aliphatic carbocycles. The first-order valence-electron chi connectivity index (χ1n) is 3.07. The van der Waals surface area contributed by atoms with E-state index in [1.807, 2.05) is 0 Å². The van der Waals surface area contributed by atoms with Crippen LogP contribution in [0.1, 0.15) is 20.3 Å². The zero-order valence-corrected chi connectivity index (χ0v) is 6.36. The third-order valence-electron chi connectivity index (χ3n) is 0.871. The molecule has 0 aromatic heterocycles. The number of hydrogen-bond acceptors (Lipinski definition) is 4. The molecule has 0 aromatic rings. The topological polar surface area (TPSA) is 63.7 Å². The van der Waals surface area contributed by atoms with Crippen LogP contribution in [0.4, 0.5) is 0 Å². The van der Waals surface area contributed by atoms with Crippen LogP contribution in [-0.2, 0) is 19.2 Å². The van der Waals surface area contributed by atoms with Crippen LogP contribution in [0.25, 0.3) is 0 Å². The highest BCUT2D eigenvalue weighted by molar-refractivity contribution is 5.86. The fraction of sp³-hybridized carbons (Fsp3) is 0.500. The molecule has 0 unspecified atom stereocenters. The maximum absolute atomic E-state index is 10.7. The summed E-state index contributed by atoms with van der Waals surface area (Å²) in [5, 5.41) is 0.377. The molecule has 0 saturated heterocycles. The molecule has 5 nitrogen and oxygen atoms in total. The van der Waals surface area contributed by atoms with Crippen molar-refractivity contribution in [3.05, 3.63) is 0 Å². The average Bonchev–Trinajstić information content (AvgIpc) is 1.98. The molecule has 11 heavy (non-hydrogen) atoms. The Morgan fingerprint density at radius 1 is 1.55 bits per heavy atom. The zero-order valence-electron chi connectivity index (χ0n) is 6.36. The molecule has 0 heterocycles. The Morgan fingerprint density at radius 2 is 2.09 bits per heavy atom. The highest BCUT2D eigenvalue weighted by Gasteiger charge is 2.12. The van der Waals surface area contributed by atoms with Gasteiger partial charge < -0.3 is 4.84 Å². The van der Waals surface area contributed by atoms with Gasteiger partial charge in [-0.25, -0.2) is 4.79 Å². The van der Waals surface area contributed by atoms with Gasteiger partial charge in [-0.1, -0.05) is 6.92 Å². The van der Waals surface area contributed by atoms with E-state index in [0.717, 1.165) is 6.92 Å². The second-order valence-corrected chi connectivity index (χ2v) is 1.76. The van der Waals surface area contributed by atoms with Crippen molar-refractivity contribution >= 4 is 18.3 Å². The summed E-state index contributed by atoms with van der Waals surface area (Å²) >= 11 is 0. The maximum Gasteiger partial charge on any atom is 0.330 e. The highest BCUT2D eigenvalue weighted by atomic mass is 16.7. The fourth-order valence-electron chi connectivity index (χ4n) is 0.426. The normalized spacial score (nSPS) is 8.55. The van der Waals surface area contributed by atoms with Crippen molar-refractivity contribution in [3.63, 3.8) is 0 Å². The third kappa shape index (κ3) is 3.34. The lowest BCUT2D eigenvalue weighted by Crippen LogP contribution is -2.30. The van der Waals surface area contributed by atoms with Crippen LogP contribution in [0.5, 0.6) is 0 Å². The van der Waals surface area contributed by atoms with Crippen molar-refractivity contribution in [2.75, 3.05) is 0 Å². The van der Waals surface area contributed by atoms with Gasteiger partial charge in [-0.2, -0.15) is 0 Å². The Labute approximate surface area is 63.9 Å². The number of carbonyl (C=O) groups is 3. The van der Waals surface area contributed by atoms with Gasteiger partial charge in [0.1, 0.15) is 0 Å². The van der Waals surface area contributed by atoms with Crippen LogP contribution in [0, 0.1) is 0 Å². The molecule has 0 fully saturated rings. The van der Waals surface area contributed by atoms with Crippen molar-refractivity contribution in [3.8, 4) is 0 Å². The molecule has 0 bridgehead atoms. The minimum atomic E-state index is -0.695. The molecule has 0 rings (SSSR count). The molecule has 0 spiro atoms. The summed E-state index contributed by atoms with van der Waals surface area (Å²) in [5.41, 5.74) is 0. The predicted molar refractivity (Wildman–Crippen MR) is 35.0 cm³/mol. The highest BCUT2D eigenvalue weighted by Crippen LogP contribution is 1.91. The lowest BCUT2D eigenvalue weighted by Gasteiger charge is -2.10. The summed E-state index contributed by atoms with van der Waals surface area (Å²) < 4.78 is 0. The first kappa shape index (κ1) is 9.61. The number of hydroxylamine groups is 2. The molecule has 0 aliphatic rings. The summed E-state index contributed by atoms with van der Waals surface area (Å²) in [7, 11) is 0. The van der Waals surface area contributed by atoms with Crippen molar-refractivity contribution in [1.29, 1.82) is 0 Å². The first-order chi connectivity index (χ1) is 5.11. The van der Waals surface area contributed by atoms with E-state index >= 15 is 0 Å². The number of carbonyl (C=O) groups excluding carboxylic acids is 3. The second-order valence-electron chi connectivity index (χ2n) is 1.76. The zero-order chi connectivity index (χ0) is 8.85. The van der Waals surface area contributed by atoms with Gasteiger partial charge in [-0.05, 0) is 0 Å². The molecule has 0 saturated carbocycles. The van der Waals surface area contributed by atoms with Gasteiger partial charge >= 0.3 is 5.97 Å². The number of imide groups is 1. The molecular weight excluding hydrogens is 150 g/mol. The van der Waals surface area contributed by atoms with E-state index in [9.17, 15) is 14.4 Å². The molecule has 0 aliphatic heterocycles. The first-order valence-corrected chi connectivity index (χ1v) is 3.07. The minimum absolute atomic E-state index is 0.117. The lowest BCUT2D eigenvalue weighted by atomic mass is 10.5. The Balaban J connectivity index is 4.05. The third-order valence-corrected chi connectivity index (χ3v) is 0.871. The van der Waals surface area contributed by atoms with E-state index in [1.54, 1.807) is 6.92 Å². The van der Waals surface area contributed by atoms with E-state index in [-0.39, 0.29) is 12.8 Å². The van der Waals surface area contributed by atoms with Crippen molar-refractivity contribution in [2.24, 2.45) is 0 Å². The SMILES string of the molecule is CCC(=O)N(C=O)OC(C)=O. The number of nitrogens with zero attached hydrogens (tertiary/aromatic N) is 1.